The van der Waals surface area contributed by atoms with Gasteiger partial charge in [-0.1, -0.05) is 85.6 Å². The maximum absolute atomic E-state index is 7.33. The van der Waals surface area contributed by atoms with E-state index in [9.17, 15) is 0 Å². The molecule has 3 aliphatic rings. The van der Waals surface area contributed by atoms with E-state index in [1.165, 1.54) is 89.3 Å². The van der Waals surface area contributed by atoms with E-state index in [1.807, 2.05) is 0 Å². The second-order valence-corrected chi connectivity index (χ2v) is 14.2. The first-order chi connectivity index (χ1) is 20.5. The highest BCUT2D eigenvalue weighted by Gasteiger charge is 2.37. The van der Waals surface area contributed by atoms with Gasteiger partial charge in [-0.2, -0.15) is 4.67 Å². The minimum Gasteiger partial charge on any atom is -0.408 e. The first-order valence-electron chi connectivity index (χ1n) is 16.1. The average Bonchev–Trinajstić information content (AvgIpc) is 3.21. The smallest absolute Gasteiger partial charge is 0.310 e. The summed E-state index contributed by atoms with van der Waals surface area (Å²) in [5.74, 6) is 2.21. The largest absolute Gasteiger partial charge is 0.408 e. The lowest BCUT2D eigenvalue weighted by molar-refractivity contribution is 0.354. The molecule has 218 valence electrons. The summed E-state index contributed by atoms with van der Waals surface area (Å²) in [6, 6.07) is 24.4. The summed E-state index contributed by atoms with van der Waals surface area (Å²) in [6.45, 7) is 9.17. The molecule has 0 bridgehead atoms. The third-order valence-corrected chi connectivity index (χ3v) is 11.9. The number of aryl methyl sites for hydroxylation is 3. The van der Waals surface area contributed by atoms with Crippen molar-refractivity contribution < 1.29 is 8.39 Å². The molecule has 0 aliphatic heterocycles. The van der Waals surface area contributed by atoms with E-state index >= 15 is 0 Å². The van der Waals surface area contributed by atoms with Gasteiger partial charge >= 0.3 is 8.16 Å². The van der Waals surface area contributed by atoms with Crippen LogP contribution in [0.4, 0.5) is 0 Å². The zero-order chi connectivity index (χ0) is 28.8. The summed E-state index contributed by atoms with van der Waals surface area (Å²) in [7, 11) is -1.46. The van der Waals surface area contributed by atoms with Crippen LogP contribution in [-0.2, 0) is 12.8 Å². The Morgan fingerprint density at radius 3 is 2.12 bits per heavy atom. The molecule has 0 amide bonds. The van der Waals surface area contributed by atoms with E-state index in [0.29, 0.717) is 11.8 Å². The minimum absolute atomic E-state index is 0.103. The highest BCUT2D eigenvalue weighted by molar-refractivity contribution is 7.38. The van der Waals surface area contributed by atoms with Crippen LogP contribution in [0.25, 0.3) is 16.5 Å². The molecule has 4 aromatic rings. The van der Waals surface area contributed by atoms with Gasteiger partial charge in [-0.05, 0) is 111 Å². The molecule has 0 saturated heterocycles. The first-order valence-corrected chi connectivity index (χ1v) is 17.3. The maximum Gasteiger partial charge on any atom is 0.310 e. The van der Waals surface area contributed by atoms with E-state index in [2.05, 4.69) is 105 Å². The average molecular weight is 578 g/mol. The SMILES string of the molecule is CC1=CC2CCCCC2c2c1op(N([C@@H](C)c1ccccc1)[C@@H](C)c1ccccc1)oc1c(C)cc3c(c21)CCCC3. The number of allylic oxidation sites excluding steroid dienone is 2. The normalized spacial score (nSPS) is 21.6. The zero-order valence-electron chi connectivity index (χ0n) is 25.6. The van der Waals surface area contributed by atoms with Gasteiger partial charge in [0.05, 0.1) is 0 Å². The van der Waals surface area contributed by atoms with Crippen LogP contribution in [0, 0.1) is 12.8 Å². The molecule has 1 saturated carbocycles. The molecule has 1 fully saturated rings. The lowest BCUT2D eigenvalue weighted by atomic mass is 9.69. The van der Waals surface area contributed by atoms with Gasteiger partial charge in [0.15, 0.2) is 0 Å². The van der Waals surface area contributed by atoms with Crippen LogP contribution in [0.5, 0.6) is 0 Å². The zero-order valence-corrected chi connectivity index (χ0v) is 26.5. The molecule has 1 heterocycles. The van der Waals surface area contributed by atoms with Crippen molar-refractivity contribution in [2.75, 3.05) is 4.67 Å². The summed E-state index contributed by atoms with van der Waals surface area (Å²) < 4.78 is 17.2. The Morgan fingerprint density at radius 2 is 1.43 bits per heavy atom. The Morgan fingerprint density at radius 1 is 0.786 bits per heavy atom. The van der Waals surface area contributed by atoms with Gasteiger partial charge in [-0.3, -0.25) is 0 Å². The second kappa shape index (κ2) is 11.6. The van der Waals surface area contributed by atoms with Crippen LogP contribution in [0.2, 0.25) is 0 Å². The Bertz CT molecular complexity index is 1610. The van der Waals surface area contributed by atoms with E-state index in [-0.39, 0.29) is 12.1 Å². The monoisotopic (exact) mass is 577 g/mol. The summed E-state index contributed by atoms with van der Waals surface area (Å²) in [6.07, 6.45) is 12.5. The van der Waals surface area contributed by atoms with Crippen molar-refractivity contribution in [3.63, 3.8) is 0 Å². The van der Waals surface area contributed by atoms with Gasteiger partial charge in [0.2, 0.25) is 0 Å². The highest BCUT2D eigenvalue weighted by atomic mass is 31.1. The number of hydrogen-bond donors (Lipinski definition) is 0. The fourth-order valence-electron chi connectivity index (χ4n) is 8.01. The Hall–Kier alpha value is -3.00. The van der Waals surface area contributed by atoms with Crippen LogP contribution in [-0.4, -0.2) is 0 Å². The fraction of sp³-hybridized carbons (Fsp3) is 0.421. The molecule has 0 radical (unpaired) electrons. The first kappa shape index (κ1) is 27.8. The molecular weight excluding hydrogens is 533 g/mol. The number of rotatable bonds is 5. The predicted molar refractivity (Wildman–Crippen MR) is 176 cm³/mol. The summed E-state index contributed by atoms with van der Waals surface area (Å²) in [5.41, 5.74) is 10.7. The van der Waals surface area contributed by atoms with E-state index in [0.717, 1.165) is 17.8 Å². The Kier molecular flexibility index (Phi) is 7.67. The summed E-state index contributed by atoms with van der Waals surface area (Å²) >= 11 is 0. The second-order valence-electron chi connectivity index (χ2n) is 12.9. The molecule has 3 aromatic carbocycles. The van der Waals surface area contributed by atoms with Crippen molar-refractivity contribution in [3.05, 3.63) is 112 Å². The molecule has 0 N–H and O–H groups in total. The van der Waals surface area contributed by atoms with Crippen molar-refractivity contribution in [1.82, 2.24) is 0 Å². The molecule has 7 rings (SSSR count). The van der Waals surface area contributed by atoms with Gasteiger partial charge < -0.3 is 8.39 Å². The van der Waals surface area contributed by atoms with E-state index in [4.69, 9.17) is 8.39 Å². The Balaban J connectivity index is 1.55. The van der Waals surface area contributed by atoms with Crippen molar-refractivity contribution in [2.24, 2.45) is 5.92 Å². The van der Waals surface area contributed by atoms with Crippen LogP contribution < -0.4 is 4.67 Å². The van der Waals surface area contributed by atoms with E-state index in [1.54, 1.807) is 0 Å². The minimum atomic E-state index is -1.46. The Labute approximate surface area is 252 Å². The van der Waals surface area contributed by atoms with Crippen molar-refractivity contribution in [3.8, 4) is 0 Å². The summed E-state index contributed by atoms with van der Waals surface area (Å²) in [4.78, 5) is 0. The van der Waals surface area contributed by atoms with Gasteiger partial charge in [-0.15, -0.1) is 0 Å². The van der Waals surface area contributed by atoms with Crippen LogP contribution in [0.3, 0.4) is 0 Å². The molecule has 3 nitrogen and oxygen atoms in total. The predicted octanol–water partition coefficient (Wildman–Crippen LogP) is 11.5. The molecule has 3 unspecified atom stereocenters. The van der Waals surface area contributed by atoms with Crippen LogP contribution >= 0.6 is 8.16 Å². The molecule has 0 spiro atoms. The molecule has 4 heteroatoms. The topological polar surface area (TPSA) is 29.5 Å². The molecule has 1 aromatic heterocycles. The van der Waals surface area contributed by atoms with Gasteiger partial charge in [0.1, 0.15) is 11.3 Å². The van der Waals surface area contributed by atoms with Crippen LogP contribution in [0.15, 0.2) is 81.2 Å². The standard InChI is InChI=1S/C38H44NO2P/c1-25-23-31-19-11-13-21-33(31)35-36-34-22-14-12-20-32(34)24-26(2)38(36)41-42(40-37(25)35)39(27(3)29-15-7-5-8-16-29)28(4)30-17-9-6-10-18-30/h5-10,15-18,23-24,27-28,31,33H,11-14,19-22H2,1-4H3/t27-,28-,31?,33?,42?/m0/s1. The molecule has 5 atom stereocenters. The van der Waals surface area contributed by atoms with E-state index < -0.39 is 8.16 Å². The van der Waals surface area contributed by atoms with Crippen molar-refractivity contribution in [2.45, 2.75) is 97.1 Å². The van der Waals surface area contributed by atoms with Gasteiger partial charge in [0.25, 0.3) is 0 Å². The molecular formula is C38H44NO2P. The third kappa shape index (κ3) is 4.89. The van der Waals surface area contributed by atoms with Crippen LogP contribution in [0.1, 0.15) is 116 Å². The fourth-order valence-corrected chi connectivity index (χ4v) is 9.86. The summed E-state index contributed by atoms with van der Waals surface area (Å²) in [5, 5.41) is 1.40. The maximum atomic E-state index is 7.33. The number of nitrogens with zero attached hydrogens (tertiary/aromatic N) is 1. The van der Waals surface area contributed by atoms with Crippen molar-refractivity contribution >= 4 is 24.7 Å². The van der Waals surface area contributed by atoms with Gasteiger partial charge in [-0.25, -0.2) is 0 Å². The molecule has 42 heavy (non-hydrogen) atoms. The van der Waals surface area contributed by atoms with Crippen molar-refractivity contribution in [1.29, 1.82) is 0 Å². The lowest BCUT2D eigenvalue weighted by Crippen LogP contribution is -2.27. The number of benzene rings is 3. The third-order valence-electron chi connectivity index (χ3n) is 10.2. The van der Waals surface area contributed by atoms with Gasteiger partial charge in [0, 0.05) is 23.0 Å². The lowest BCUT2D eigenvalue weighted by Gasteiger charge is -2.35. The number of fused-ring (bicyclic) bond motifs is 7. The quantitative estimate of drug-likeness (QED) is 0.236. The highest BCUT2D eigenvalue weighted by Crippen LogP contribution is 2.53. The number of hydrogen-bond acceptors (Lipinski definition) is 3. The molecule has 3 aliphatic carbocycles.